The fourth-order valence-electron chi connectivity index (χ4n) is 1.52. The van der Waals surface area contributed by atoms with Crippen LogP contribution in [0.2, 0.25) is 0 Å². The summed E-state index contributed by atoms with van der Waals surface area (Å²) in [5.74, 6) is -0.779. The van der Waals surface area contributed by atoms with E-state index in [9.17, 15) is 19.7 Å². The Hall–Kier alpha value is -2.64. The van der Waals surface area contributed by atoms with E-state index in [0.29, 0.717) is 5.56 Å². The maximum absolute atomic E-state index is 11.5. The lowest BCUT2D eigenvalue weighted by molar-refractivity contribution is -0.384. The zero-order valence-corrected chi connectivity index (χ0v) is 11.1. The van der Waals surface area contributed by atoms with Crippen molar-refractivity contribution in [3.63, 3.8) is 0 Å². The summed E-state index contributed by atoms with van der Waals surface area (Å²) in [4.78, 5) is 32.8. The minimum atomic E-state index is -0.561. The number of anilines is 1. The Bertz CT molecular complexity index is 530. The third-order valence-electron chi connectivity index (χ3n) is 2.55. The standard InChI is InChI=1S/C12H15N3O5/c1-13-12(17)8-3-4-10(15(18)19)9(7-8)14-6-5-11(16)20-2/h3-4,7,14H,5-6H2,1-2H3,(H,13,17). The van der Waals surface area contributed by atoms with E-state index in [2.05, 4.69) is 15.4 Å². The van der Waals surface area contributed by atoms with Crippen LogP contribution in [0, 0.1) is 10.1 Å². The van der Waals surface area contributed by atoms with Gasteiger partial charge in [-0.3, -0.25) is 19.7 Å². The monoisotopic (exact) mass is 281 g/mol. The normalized spacial score (nSPS) is 9.70. The van der Waals surface area contributed by atoms with Gasteiger partial charge in [-0.1, -0.05) is 0 Å². The number of rotatable bonds is 6. The number of methoxy groups -OCH3 is 1. The summed E-state index contributed by atoms with van der Waals surface area (Å²) in [5.41, 5.74) is 0.307. The summed E-state index contributed by atoms with van der Waals surface area (Å²) in [7, 11) is 2.73. The maximum Gasteiger partial charge on any atom is 0.307 e. The van der Waals surface area contributed by atoms with Crippen molar-refractivity contribution in [1.29, 1.82) is 0 Å². The minimum Gasteiger partial charge on any atom is -0.469 e. The summed E-state index contributed by atoms with van der Waals surface area (Å²) in [6, 6.07) is 3.97. The van der Waals surface area contributed by atoms with Crippen LogP contribution in [0.5, 0.6) is 0 Å². The zero-order valence-electron chi connectivity index (χ0n) is 11.1. The Balaban J connectivity index is 2.91. The second-order valence-corrected chi connectivity index (χ2v) is 3.82. The number of nitro benzene ring substituents is 1. The molecular formula is C12H15N3O5. The van der Waals surface area contributed by atoms with Gasteiger partial charge in [-0.2, -0.15) is 0 Å². The van der Waals surface area contributed by atoms with E-state index in [1.165, 1.54) is 32.4 Å². The number of carbonyl (C=O) groups excluding carboxylic acids is 2. The molecule has 0 saturated heterocycles. The average molecular weight is 281 g/mol. The molecule has 0 radical (unpaired) electrons. The second kappa shape index (κ2) is 7.07. The highest BCUT2D eigenvalue weighted by atomic mass is 16.6. The predicted octanol–water partition coefficient (Wildman–Crippen LogP) is 0.929. The van der Waals surface area contributed by atoms with E-state index in [4.69, 9.17) is 0 Å². The van der Waals surface area contributed by atoms with Crippen LogP contribution in [0.15, 0.2) is 18.2 Å². The fraction of sp³-hybridized carbons (Fsp3) is 0.333. The number of hydrogen-bond acceptors (Lipinski definition) is 6. The van der Waals surface area contributed by atoms with E-state index in [0.717, 1.165) is 0 Å². The summed E-state index contributed by atoms with van der Waals surface area (Å²) < 4.78 is 4.47. The molecule has 20 heavy (non-hydrogen) atoms. The molecule has 1 amide bonds. The van der Waals surface area contributed by atoms with Gasteiger partial charge in [-0.05, 0) is 12.1 Å². The van der Waals surface area contributed by atoms with Crippen LogP contribution < -0.4 is 10.6 Å². The van der Waals surface area contributed by atoms with Gasteiger partial charge in [0, 0.05) is 25.2 Å². The lowest BCUT2D eigenvalue weighted by atomic mass is 10.1. The number of carbonyl (C=O) groups is 2. The molecule has 1 aromatic rings. The predicted molar refractivity (Wildman–Crippen MR) is 71.6 cm³/mol. The van der Waals surface area contributed by atoms with Crippen LogP contribution in [0.1, 0.15) is 16.8 Å². The first kappa shape index (κ1) is 15.4. The number of nitro groups is 1. The van der Waals surface area contributed by atoms with Gasteiger partial charge in [0.05, 0.1) is 18.5 Å². The highest BCUT2D eigenvalue weighted by Crippen LogP contribution is 2.25. The molecule has 2 N–H and O–H groups in total. The molecule has 0 saturated carbocycles. The smallest absolute Gasteiger partial charge is 0.307 e. The van der Waals surface area contributed by atoms with Gasteiger partial charge in [0.15, 0.2) is 0 Å². The Labute approximate surface area is 115 Å². The molecule has 8 nitrogen and oxygen atoms in total. The van der Waals surface area contributed by atoms with E-state index < -0.39 is 10.9 Å². The molecule has 0 bridgehead atoms. The minimum absolute atomic E-state index is 0.0673. The largest absolute Gasteiger partial charge is 0.469 e. The summed E-state index contributed by atoms with van der Waals surface area (Å²) in [5, 5.41) is 16.1. The average Bonchev–Trinajstić information content (AvgIpc) is 2.45. The van der Waals surface area contributed by atoms with E-state index in [-0.39, 0.29) is 30.2 Å². The number of nitrogens with one attached hydrogen (secondary N) is 2. The molecule has 0 heterocycles. The van der Waals surface area contributed by atoms with Gasteiger partial charge >= 0.3 is 5.97 Å². The molecule has 8 heteroatoms. The summed E-state index contributed by atoms with van der Waals surface area (Å²) >= 11 is 0. The zero-order chi connectivity index (χ0) is 15.1. The molecule has 0 aliphatic heterocycles. The quantitative estimate of drug-likeness (QED) is 0.456. The molecule has 0 atom stereocenters. The van der Waals surface area contributed by atoms with Crippen LogP contribution in [0.3, 0.4) is 0 Å². The lowest BCUT2D eigenvalue weighted by Gasteiger charge is -2.08. The number of nitrogens with zero attached hydrogens (tertiary/aromatic N) is 1. The Morgan fingerprint density at radius 3 is 2.65 bits per heavy atom. The molecule has 0 spiro atoms. The third kappa shape index (κ3) is 3.94. The lowest BCUT2D eigenvalue weighted by Crippen LogP contribution is -2.18. The molecule has 0 aromatic heterocycles. The molecule has 0 fully saturated rings. The van der Waals surface area contributed by atoms with Crippen LogP contribution in [-0.2, 0) is 9.53 Å². The van der Waals surface area contributed by atoms with E-state index in [1.807, 2.05) is 0 Å². The second-order valence-electron chi connectivity index (χ2n) is 3.82. The van der Waals surface area contributed by atoms with Crippen molar-refractivity contribution in [3.8, 4) is 0 Å². The van der Waals surface area contributed by atoms with Crippen LogP contribution >= 0.6 is 0 Å². The third-order valence-corrected chi connectivity index (χ3v) is 2.55. The number of hydrogen-bond donors (Lipinski definition) is 2. The van der Waals surface area contributed by atoms with Crippen molar-refractivity contribution in [2.75, 3.05) is 26.0 Å². The summed E-state index contributed by atoms with van der Waals surface area (Å²) in [6.07, 6.45) is 0.0673. The molecule has 0 unspecified atom stereocenters. The highest BCUT2D eigenvalue weighted by molar-refractivity contribution is 5.95. The van der Waals surface area contributed by atoms with Crippen LogP contribution in [-0.4, -0.2) is 37.5 Å². The number of ether oxygens (including phenoxy) is 1. The summed E-state index contributed by atoms with van der Waals surface area (Å²) in [6.45, 7) is 0.171. The van der Waals surface area contributed by atoms with E-state index in [1.54, 1.807) is 0 Å². The van der Waals surface area contributed by atoms with Crippen LogP contribution in [0.25, 0.3) is 0 Å². The van der Waals surface area contributed by atoms with Crippen molar-refractivity contribution in [3.05, 3.63) is 33.9 Å². The number of benzene rings is 1. The van der Waals surface area contributed by atoms with Crippen molar-refractivity contribution < 1.29 is 19.2 Å². The number of amides is 1. The fourth-order valence-corrected chi connectivity index (χ4v) is 1.52. The SMILES string of the molecule is CNC(=O)c1ccc([N+](=O)[O-])c(NCCC(=O)OC)c1. The Morgan fingerprint density at radius 1 is 1.40 bits per heavy atom. The number of esters is 1. The van der Waals surface area contributed by atoms with Gasteiger partial charge < -0.3 is 15.4 Å². The molecule has 1 rings (SSSR count). The maximum atomic E-state index is 11.5. The van der Waals surface area contributed by atoms with Crippen LogP contribution in [0.4, 0.5) is 11.4 Å². The molecule has 1 aromatic carbocycles. The molecular weight excluding hydrogens is 266 g/mol. The van der Waals surface area contributed by atoms with Gasteiger partial charge in [0.2, 0.25) is 0 Å². The van der Waals surface area contributed by atoms with Crippen molar-refractivity contribution in [2.24, 2.45) is 0 Å². The Morgan fingerprint density at radius 2 is 2.10 bits per heavy atom. The van der Waals surface area contributed by atoms with Gasteiger partial charge in [-0.15, -0.1) is 0 Å². The molecule has 0 aliphatic rings. The van der Waals surface area contributed by atoms with Gasteiger partial charge in [-0.25, -0.2) is 0 Å². The van der Waals surface area contributed by atoms with Crippen molar-refractivity contribution in [2.45, 2.75) is 6.42 Å². The first-order valence-electron chi connectivity index (χ1n) is 5.80. The highest BCUT2D eigenvalue weighted by Gasteiger charge is 2.16. The molecule has 0 aliphatic carbocycles. The molecule has 108 valence electrons. The van der Waals surface area contributed by atoms with E-state index >= 15 is 0 Å². The van der Waals surface area contributed by atoms with Gasteiger partial charge in [0.25, 0.3) is 11.6 Å². The first-order chi connectivity index (χ1) is 9.49. The Kier molecular flexibility index (Phi) is 5.45. The first-order valence-corrected chi connectivity index (χ1v) is 5.80. The topological polar surface area (TPSA) is 111 Å². The van der Waals surface area contributed by atoms with Gasteiger partial charge in [0.1, 0.15) is 5.69 Å². The van der Waals surface area contributed by atoms with Crippen molar-refractivity contribution >= 4 is 23.3 Å². The van der Waals surface area contributed by atoms with Crippen molar-refractivity contribution in [1.82, 2.24) is 5.32 Å².